The van der Waals surface area contributed by atoms with Crippen molar-refractivity contribution in [3.8, 4) is 28.5 Å². The number of imidazole rings is 1. The Balaban J connectivity index is 1.23. The molecule has 0 aliphatic carbocycles. The van der Waals surface area contributed by atoms with E-state index in [-0.39, 0.29) is 0 Å². The highest BCUT2D eigenvalue weighted by Crippen LogP contribution is 2.44. The fourth-order valence-corrected chi connectivity index (χ4v) is 8.43. The quantitative estimate of drug-likeness (QED) is 0.164. The van der Waals surface area contributed by atoms with Crippen molar-refractivity contribution in [2.45, 2.75) is 0 Å². The SMILES string of the molecule is c1ccc(-c2nc3c(c4ccc5c6ccccc6n(-c6ccc(N(c7ccccc7)c7ccccc7)cc6)c5c4n3-c3ccccc3)n2-c2ccccc2)cc1. The number of benzene rings is 8. The second-order valence-electron chi connectivity index (χ2n) is 14.0. The Morgan fingerprint density at radius 2 is 0.786 bits per heavy atom. The van der Waals surface area contributed by atoms with Crippen LogP contribution in [0.1, 0.15) is 0 Å². The van der Waals surface area contributed by atoms with Crippen LogP contribution in [-0.2, 0) is 0 Å². The maximum Gasteiger partial charge on any atom is 0.165 e. The molecule has 11 aromatic rings. The summed E-state index contributed by atoms with van der Waals surface area (Å²) in [5, 5.41) is 3.53. The molecule has 0 spiro atoms. The Kier molecular flexibility index (Phi) is 7.42. The van der Waals surface area contributed by atoms with Crippen molar-refractivity contribution in [3.05, 3.63) is 212 Å². The van der Waals surface area contributed by atoms with Crippen LogP contribution in [-0.4, -0.2) is 18.7 Å². The second-order valence-corrected chi connectivity index (χ2v) is 14.0. The Hall–Kier alpha value is -7.63. The third kappa shape index (κ3) is 4.99. The van der Waals surface area contributed by atoms with Crippen LogP contribution in [0.2, 0.25) is 0 Å². The molecule has 0 aliphatic heterocycles. The third-order valence-electron chi connectivity index (χ3n) is 10.8. The number of para-hydroxylation sites is 5. The summed E-state index contributed by atoms with van der Waals surface area (Å²) in [4.78, 5) is 7.84. The summed E-state index contributed by atoms with van der Waals surface area (Å²) in [6, 6.07) is 75.3. The van der Waals surface area contributed by atoms with Crippen LogP contribution in [0.3, 0.4) is 0 Å². The van der Waals surface area contributed by atoms with E-state index in [4.69, 9.17) is 4.98 Å². The van der Waals surface area contributed by atoms with Crippen LogP contribution in [0, 0.1) is 0 Å². The van der Waals surface area contributed by atoms with E-state index in [1.807, 2.05) is 0 Å². The van der Waals surface area contributed by atoms with Gasteiger partial charge in [-0.2, -0.15) is 0 Å². The topological polar surface area (TPSA) is 30.9 Å². The van der Waals surface area contributed by atoms with E-state index in [0.29, 0.717) is 0 Å². The zero-order chi connectivity index (χ0) is 37.0. The monoisotopic (exact) mass is 717 g/mol. The number of rotatable bonds is 7. The highest BCUT2D eigenvalue weighted by molar-refractivity contribution is 6.23. The number of nitrogens with zero attached hydrogens (tertiary/aromatic N) is 5. The molecule has 0 radical (unpaired) electrons. The molecule has 0 saturated heterocycles. The van der Waals surface area contributed by atoms with Crippen LogP contribution >= 0.6 is 0 Å². The van der Waals surface area contributed by atoms with Crippen molar-refractivity contribution in [1.82, 2.24) is 18.7 Å². The number of hydrogen-bond acceptors (Lipinski definition) is 2. The minimum absolute atomic E-state index is 0.908. The predicted molar refractivity (Wildman–Crippen MR) is 232 cm³/mol. The van der Waals surface area contributed by atoms with Gasteiger partial charge in [0, 0.05) is 55.8 Å². The minimum atomic E-state index is 0.908. The van der Waals surface area contributed by atoms with Gasteiger partial charge in [-0.05, 0) is 84.9 Å². The highest BCUT2D eigenvalue weighted by atomic mass is 15.2. The van der Waals surface area contributed by atoms with Crippen LogP contribution in [0.15, 0.2) is 212 Å². The van der Waals surface area contributed by atoms with Gasteiger partial charge in [0.2, 0.25) is 0 Å². The maximum absolute atomic E-state index is 5.54. The molecule has 11 rings (SSSR count). The largest absolute Gasteiger partial charge is 0.311 e. The van der Waals surface area contributed by atoms with Gasteiger partial charge in [-0.3, -0.25) is 9.13 Å². The van der Waals surface area contributed by atoms with E-state index in [1.165, 1.54) is 10.8 Å². The molecule has 56 heavy (non-hydrogen) atoms. The van der Waals surface area contributed by atoms with E-state index in [0.717, 1.165) is 78.6 Å². The molecule has 3 aromatic heterocycles. The van der Waals surface area contributed by atoms with Gasteiger partial charge in [-0.25, -0.2) is 4.98 Å². The Bertz CT molecular complexity index is 3110. The molecule has 0 amide bonds. The molecule has 5 nitrogen and oxygen atoms in total. The van der Waals surface area contributed by atoms with Crippen molar-refractivity contribution in [3.63, 3.8) is 0 Å². The number of fused-ring (bicyclic) bond motifs is 7. The van der Waals surface area contributed by atoms with Crippen LogP contribution in [0.25, 0.3) is 72.3 Å². The molecular formula is C51H35N5. The van der Waals surface area contributed by atoms with Gasteiger partial charge in [0.1, 0.15) is 11.3 Å². The van der Waals surface area contributed by atoms with Crippen LogP contribution < -0.4 is 4.90 Å². The van der Waals surface area contributed by atoms with Crippen molar-refractivity contribution < 1.29 is 0 Å². The average Bonchev–Trinajstić information content (AvgIpc) is 3.93. The van der Waals surface area contributed by atoms with Gasteiger partial charge >= 0.3 is 0 Å². The third-order valence-corrected chi connectivity index (χ3v) is 10.8. The summed E-state index contributed by atoms with van der Waals surface area (Å²) in [5.74, 6) is 0.908. The summed E-state index contributed by atoms with van der Waals surface area (Å²) in [5.41, 5.74) is 13.0. The molecular weight excluding hydrogens is 683 g/mol. The molecule has 8 aromatic carbocycles. The van der Waals surface area contributed by atoms with Gasteiger partial charge in [-0.1, -0.05) is 127 Å². The molecule has 0 N–H and O–H groups in total. The first-order valence-corrected chi connectivity index (χ1v) is 19.0. The lowest BCUT2D eigenvalue weighted by molar-refractivity contribution is 1.09. The number of aromatic nitrogens is 4. The van der Waals surface area contributed by atoms with Crippen molar-refractivity contribution in [2.24, 2.45) is 0 Å². The first-order chi connectivity index (χ1) is 27.8. The van der Waals surface area contributed by atoms with Crippen molar-refractivity contribution in [2.75, 3.05) is 4.90 Å². The fraction of sp³-hybridized carbons (Fsp3) is 0. The Labute approximate surface area is 324 Å². The standard InChI is InChI=1S/C51H35N5/c1-6-18-36(19-7-1)50-52-51-49(56(50)40-26-14-5-15-27-40)45-35-34-44-43-28-16-17-29-46(43)54(47(44)48(45)55(51)39-24-12-4-13-25-39)42-32-30-41(31-33-42)53(37-20-8-2-9-21-37)38-22-10-3-11-23-38/h1-35H. The van der Waals surface area contributed by atoms with E-state index < -0.39 is 0 Å². The summed E-state index contributed by atoms with van der Waals surface area (Å²) >= 11 is 0. The molecule has 0 saturated carbocycles. The Morgan fingerprint density at radius 3 is 1.41 bits per heavy atom. The molecule has 264 valence electrons. The minimum Gasteiger partial charge on any atom is -0.311 e. The van der Waals surface area contributed by atoms with Gasteiger partial charge in [-0.15, -0.1) is 0 Å². The van der Waals surface area contributed by atoms with Gasteiger partial charge < -0.3 is 9.47 Å². The van der Waals surface area contributed by atoms with Crippen molar-refractivity contribution >= 4 is 60.9 Å². The van der Waals surface area contributed by atoms with Gasteiger partial charge in [0.15, 0.2) is 5.65 Å². The molecule has 0 atom stereocenters. The normalized spacial score (nSPS) is 11.6. The van der Waals surface area contributed by atoms with E-state index in [1.54, 1.807) is 0 Å². The second kappa shape index (κ2) is 13.0. The number of anilines is 3. The first kappa shape index (κ1) is 31.9. The maximum atomic E-state index is 5.54. The molecule has 3 heterocycles. The molecule has 5 heteroatoms. The zero-order valence-corrected chi connectivity index (χ0v) is 30.4. The van der Waals surface area contributed by atoms with Crippen LogP contribution in [0.5, 0.6) is 0 Å². The van der Waals surface area contributed by atoms with E-state index >= 15 is 0 Å². The highest BCUT2D eigenvalue weighted by Gasteiger charge is 2.27. The predicted octanol–water partition coefficient (Wildman–Crippen LogP) is 13.2. The van der Waals surface area contributed by atoms with Gasteiger partial charge in [0.25, 0.3) is 0 Å². The van der Waals surface area contributed by atoms with Crippen molar-refractivity contribution in [1.29, 1.82) is 0 Å². The van der Waals surface area contributed by atoms with Gasteiger partial charge in [0.05, 0.1) is 16.6 Å². The van der Waals surface area contributed by atoms with E-state index in [2.05, 4.69) is 231 Å². The summed E-state index contributed by atoms with van der Waals surface area (Å²) < 4.78 is 7.15. The number of hydrogen-bond donors (Lipinski definition) is 0. The Morgan fingerprint density at radius 1 is 0.321 bits per heavy atom. The molecule has 0 unspecified atom stereocenters. The lowest BCUT2D eigenvalue weighted by Crippen LogP contribution is -2.09. The zero-order valence-electron chi connectivity index (χ0n) is 30.4. The summed E-state index contributed by atoms with van der Waals surface area (Å²) in [6.07, 6.45) is 0. The average molecular weight is 718 g/mol. The lowest BCUT2D eigenvalue weighted by atomic mass is 10.1. The van der Waals surface area contributed by atoms with E-state index in [9.17, 15) is 0 Å². The fourth-order valence-electron chi connectivity index (χ4n) is 8.43. The lowest BCUT2D eigenvalue weighted by Gasteiger charge is -2.25. The summed E-state index contributed by atoms with van der Waals surface area (Å²) in [7, 11) is 0. The first-order valence-electron chi connectivity index (χ1n) is 19.0. The summed E-state index contributed by atoms with van der Waals surface area (Å²) in [6.45, 7) is 0. The molecule has 0 fully saturated rings. The van der Waals surface area contributed by atoms with Crippen LogP contribution in [0.4, 0.5) is 17.1 Å². The molecule has 0 bridgehead atoms. The molecule has 0 aliphatic rings. The smallest absolute Gasteiger partial charge is 0.165 e.